The average molecular weight is 426 g/mol. The summed E-state index contributed by atoms with van der Waals surface area (Å²) >= 11 is 0. The Morgan fingerprint density at radius 1 is 1.13 bits per heavy atom. The summed E-state index contributed by atoms with van der Waals surface area (Å²) in [6.45, 7) is 0.287. The van der Waals surface area contributed by atoms with Crippen molar-refractivity contribution in [3.63, 3.8) is 0 Å². The molecule has 8 heteroatoms. The van der Waals surface area contributed by atoms with Gasteiger partial charge in [-0.2, -0.15) is 0 Å². The van der Waals surface area contributed by atoms with E-state index < -0.39 is 5.97 Å². The predicted octanol–water partition coefficient (Wildman–Crippen LogP) is 3.37. The molecule has 1 aromatic carbocycles. The molecule has 1 N–H and O–H groups in total. The monoisotopic (exact) mass is 426 g/mol. The Balaban J connectivity index is 1.71. The Morgan fingerprint density at radius 3 is 2.65 bits per heavy atom. The molecule has 2 aromatic rings. The number of amides is 2. The smallest absolute Gasteiger partial charge is 0.336 e. The van der Waals surface area contributed by atoms with Crippen molar-refractivity contribution >= 4 is 17.6 Å². The quantitative estimate of drug-likeness (QED) is 0.713. The number of nitrogens with one attached hydrogen (secondary N) is 1. The molecule has 2 atom stereocenters. The highest BCUT2D eigenvalue weighted by Crippen LogP contribution is 2.47. The van der Waals surface area contributed by atoms with E-state index in [4.69, 9.17) is 18.6 Å². The van der Waals surface area contributed by atoms with Crippen LogP contribution in [0.1, 0.15) is 30.6 Å². The Labute approximate surface area is 180 Å². The number of ether oxygens (including phenoxy) is 3. The lowest BCUT2D eigenvalue weighted by atomic mass is 9.88. The number of methoxy groups -OCH3 is 3. The lowest BCUT2D eigenvalue weighted by Crippen LogP contribution is -2.50. The highest BCUT2D eigenvalue weighted by atomic mass is 16.5. The minimum atomic E-state index is -0.436. The van der Waals surface area contributed by atoms with Crippen LogP contribution in [0.15, 0.2) is 46.6 Å². The number of hydrogen-bond donors (Lipinski definition) is 1. The van der Waals surface area contributed by atoms with Crippen molar-refractivity contribution in [1.82, 2.24) is 10.2 Å². The van der Waals surface area contributed by atoms with Crippen molar-refractivity contribution in [3.8, 4) is 11.5 Å². The molecule has 0 radical (unpaired) electrons. The third-order valence-corrected chi connectivity index (χ3v) is 5.96. The summed E-state index contributed by atoms with van der Waals surface area (Å²) in [5.41, 5.74) is 2.12. The van der Waals surface area contributed by atoms with Gasteiger partial charge in [0.2, 0.25) is 0 Å². The van der Waals surface area contributed by atoms with Gasteiger partial charge in [-0.1, -0.05) is 12.1 Å². The molecule has 3 heterocycles. The van der Waals surface area contributed by atoms with E-state index in [1.54, 1.807) is 37.5 Å². The van der Waals surface area contributed by atoms with Gasteiger partial charge in [0.25, 0.3) is 0 Å². The summed E-state index contributed by atoms with van der Waals surface area (Å²) in [5.74, 6) is 1.39. The van der Waals surface area contributed by atoms with E-state index in [2.05, 4.69) is 5.32 Å². The molecule has 2 aliphatic heterocycles. The second kappa shape index (κ2) is 8.75. The summed E-state index contributed by atoms with van der Waals surface area (Å²) in [7, 11) is 4.51. The van der Waals surface area contributed by atoms with Gasteiger partial charge in [-0.3, -0.25) is 0 Å². The van der Waals surface area contributed by atoms with Crippen molar-refractivity contribution in [2.75, 3.05) is 21.3 Å². The van der Waals surface area contributed by atoms with Gasteiger partial charge in [0.1, 0.15) is 5.76 Å². The topological polar surface area (TPSA) is 90.2 Å². The molecule has 2 amide bonds. The molecule has 4 rings (SSSR count). The molecule has 1 saturated heterocycles. The molecule has 8 nitrogen and oxygen atoms in total. The number of furan rings is 1. The van der Waals surface area contributed by atoms with Crippen LogP contribution in [-0.4, -0.2) is 50.3 Å². The SMILES string of the molecule is COC(=O)C1=C(c2cccc(OC)c2OC)C[C@@H]2CC[C@H]1N2C(=O)NCc1ccco1. The maximum atomic E-state index is 13.0. The molecule has 1 aromatic heterocycles. The first-order valence-corrected chi connectivity index (χ1v) is 10.2. The zero-order valence-corrected chi connectivity index (χ0v) is 17.8. The second-order valence-electron chi connectivity index (χ2n) is 7.52. The number of carbonyl (C=O) groups is 2. The van der Waals surface area contributed by atoms with Crippen LogP contribution in [0.2, 0.25) is 0 Å². The number of hydrogen-bond acceptors (Lipinski definition) is 6. The van der Waals surface area contributed by atoms with Crippen LogP contribution >= 0.6 is 0 Å². The van der Waals surface area contributed by atoms with Crippen molar-refractivity contribution < 1.29 is 28.2 Å². The van der Waals surface area contributed by atoms with Gasteiger partial charge in [-0.15, -0.1) is 0 Å². The fourth-order valence-corrected chi connectivity index (χ4v) is 4.64. The number of fused-ring (bicyclic) bond motifs is 2. The van der Waals surface area contributed by atoms with Crippen LogP contribution in [0.5, 0.6) is 11.5 Å². The van der Waals surface area contributed by atoms with E-state index >= 15 is 0 Å². The maximum Gasteiger partial charge on any atom is 0.336 e. The standard InChI is InChI=1S/C23H26N2O6/c1-28-19-8-4-7-16(21(19)29-2)17-12-14-9-10-18(20(17)22(26)30-3)25(14)23(27)24-13-15-6-5-11-31-15/h4-8,11,14,18H,9-10,12-13H2,1-3H3,(H,24,27)/t14-,18+/m0/s1. The largest absolute Gasteiger partial charge is 0.493 e. The minimum Gasteiger partial charge on any atom is -0.493 e. The lowest BCUT2D eigenvalue weighted by Gasteiger charge is -2.37. The molecular formula is C23H26N2O6. The Morgan fingerprint density at radius 2 is 1.97 bits per heavy atom. The number of benzene rings is 1. The van der Waals surface area contributed by atoms with Gasteiger partial charge in [-0.25, -0.2) is 9.59 Å². The Kier molecular flexibility index (Phi) is 5.88. The summed E-state index contributed by atoms with van der Waals surface area (Å²) in [6, 6.07) is 8.55. The molecule has 164 valence electrons. The van der Waals surface area contributed by atoms with Gasteiger partial charge in [0, 0.05) is 11.6 Å². The first-order valence-electron chi connectivity index (χ1n) is 10.2. The van der Waals surface area contributed by atoms with Crippen molar-refractivity contribution in [2.45, 2.75) is 37.9 Å². The Bertz CT molecular complexity index is 998. The van der Waals surface area contributed by atoms with E-state index in [0.29, 0.717) is 35.7 Å². The molecular weight excluding hydrogens is 400 g/mol. The van der Waals surface area contributed by atoms with E-state index in [9.17, 15) is 9.59 Å². The summed E-state index contributed by atoms with van der Waals surface area (Å²) in [5, 5.41) is 2.90. The van der Waals surface area contributed by atoms with Crippen LogP contribution in [0, 0.1) is 0 Å². The molecule has 2 bridgehead atoms. The zero-order valence-electron chi connectivity index (χ0n) is 17.8. The lowest BCUT2D eigenvalue weighted by molar-refractivity contribution is -0.136. The predicted molar refractivity (Wildman–Crippen MR) is 113 cm³/mol. The minimum absolute atomic E-state index is 0.0269. The maximum absolute atomic E-state index is 13.0. The number of para-hydroxylation sites is 1. The number of carbonyl (C=O) groups excluding carboxylic acids is 2. The van der Waals surface area contributed by atoms with Crippen LogP contribution in [0.3, 0.4) is 0 Å². The third-order valence-electron chi connectivity index (χ3n) is 5.96. The first kappa shape index (κ1) is 20.8. The highest BCUT2D eigenvalue weighted by Gasteiger charge is 2.47. The number of nitrogens with zero attached hydrogens (tertiary/aromatic N) is 1. The van der Waals surface area contributed by atoms with E-state index in [1.165, 1.54) is 7.11 Å². The molecule has 0 saturated carbocycles. The van der Waals surface area contributed by atoms with Crippen LogP contribution < -0.4 is 14.8 Å². The van der Waals surface area contributed by atoms with Crippen LogP contribution in [-0.2, 0) is 16.1 Å². The zero-order chi connectivity index (χ0) is 22.0. The molecule has 0 spiro atoms. The third kappa shape index (κ3) is 3.73. The van der Waals surface area contributed by atoms with Gasteiger partial charge < -0.3 is 28.8 Å². The van der Waals surface area contributed by atoms with Gasteiger partial charge in [0.15, 0.2) is 11.5 Å². The first-order chi connectivity index (χ1) is 15.1. The average Bonchev–Trinajstić information content (AvgIpc) is 3.43. The van der Waals surface area contributed by atoms with Gasteiger partial charge >= 0.3 is 12.0 Å². The highest BCUT2D eigenvalue weighted by molar-refractivity contribution is 6.01. The van der Waals surface area contributed by atoms with Crippen LogP contribution in [0.25, 0.3) is 5.57 Å². The van der Waals surface area contributed by atoms with Crippen LogP contribution in [0.4, 0.5) is 4.79 Å². The van der Waals surface area contributed by atoms with Crippen molar-refractivity contribution in [1.29, 1.82) is 0 Å². The van der Waals surface area contributed by atoms with E-state index in [0.717, 1.165) is 17.6 Å². The summed E-state index contributed by atoms with van der Waals surface area (Å²) in [6.07, 6.45) is 3.59. The van der Waals surface area contributed by atoms with E-state index in [-0.39, 0.29) is 24.7 Å². The summed E-state index contributed by atoms with van der Waals surface area (Å²) < 4.78 is 21.5. The second-order valence-corrected chi connectivity index (χ2v) is 7.52. The summed E-state index contributed by atoms with van der Waals surface area (Å²) in [4.78, 5) is 27.7. The number of rotatable bonds is 6. The fourth-order valence-electron chi connectivity index (χ4n) is 4.64. The fraction of sp³-hybridized carbons (Fsp3) is 0.391. The normalized spacial score (nSPS) is 19.9. The van der Waals surface area contributed by atoms with Gasteiger partial charge in [0.05, 0.1) is 45.8 Å². The molecule has 2 aliphatic rings. The molecule has 0 unspecified atom stereocenters. The molecule has 0 aliphatic carbocycles. The van der Waals surface area contributed by atoms with Crippen molar-refractivity contribution in [2.24, 2.45) is 0 Å². The molecule has 1 fully saturated rings. The van der Waals surface area contributed by atoms with E-state index in [1.807, 2.05) is 18.2 Å². The van der Waals surface area contributed by atoms with Crippen molar-refractivity contribution in [3.05, 3.63) is 53.5 Å². The van der Waals surface area contributed by atoms with Gasteiger partial charge in [-0.05, 0) is 43.0 Å². The number of urea groups is 1. The number of esters is 1. The Hall–Kier alpha value is -3.42. The molecule has 31 heavy (non-hydrogen) atoms.